The minimum Gasteiger partial charge on any atom is -0.267 e. The van der Waals surface area contributed by atoms with Crippen molar-refractivity contribution in [3.05, 3.63) is 70.3 Å². The van der Waals surface area contributed by atoms with Gasteiger partial charge in [0.2, 0.25) is 0 Å². The molecular formula is C22H27ClN2O2. The first-order valence-corrected chi connectivity index (χ1v) is 9.60. The van der Waals surface area contributed by atoms with Crippen LogP contribution in [0.4, 0.5) is 0 Å². The Bertz CT molecular complexity index is 823. The fourth-order valence-corrected chi connectivity index (χ4v) is 2.93. The summed E-state index contributed by atoms with van der Waals surface area (Å²) in [6.07, 6.45) is 0.908. The Morgan fingerprint density at radius 1 is 1.00 bits per heavy atom. The van der Waals surface area contributed by atoms with Gasteiger partial charge in [-0.15, -0.1) is 11.6 Å². The molecule has 0 aliphatic heterocycles. The molecule has 0 unspecified atom stereocenters. The van der Waals surface area contributed by atoms with Gasteiger partial charge in [-0.2, -0.15) is 0 Å². The zero-order chi connectivity index (χ0) is 20.2. The number of alkyl halides is 1. The molecule has 0 aliphatic rings. The van der Waals surface area contributed by atoms with Crippen molar-refractivity contribution in [1.82, 2.24) is 10.4 Å². The Kier molecular flexibility index (Phi) is 6.66. The lowest BCUT2D eigenvalue weighted by atomic mass is 10.0. The molecule has 0 spiro atoms. The quantitative estimate of drug-likeness (QED) is 0.601. The number of hydrogen-bond acceptors (Lipinski definition) is 2. The summed E-state index contributed by atoms with van der Waals surface area (Å²) in [5.74, 6) is -0.254. The molecule has 2 rings (SSSR count). The second-order valence-corrected chi connectivity index (χ2v) is 7.91. The maximum Gasteiger partial charge on any atom is 0.272 e. The molecular weight excluding hydrogens is 360 g/mol. The van der Waals surface area contributed by atoms with Crippen LogP contribution in [0.5, 0.6) is 0 Å². The van der Waals surface area contributed by atoms with Gasteiger partial charge in [-0.05, 0) is 69.5 Å². The van der Waals surface area contributed by atoms with Crippen LogP contribution in [0.25, 0.3) is 0 Å². The van der Waals surface area contributed by atoms with Gasteiger partial charge in [0, 0.05) is 17.0 Å². The number of halogens is 1. The number of nitrogens with one attached hydrogen (secondary N) is 1. The van der Waals surface area contributed by atoms with E-state index in [4.69, 9.17) is 11.6 Å². The van der Waals surface area contributed by atoms with E-state index >= 15 is 0 Å². The highest BCUT2D eigenvalue weighted by molar-refractivity contribution is 6.17. The highest BCUT2D eigenvalue weighted by Gasteiger charge is 2.30. The summed E-state index contributed by atoms with van der Waals surface area (Å²) in [6, 6.07) is 12.9. The Morgan fingerprint density at radius 2 is 1.63 bits per heavy atom. The van der Waals surface area contributed by atoms with Crippen molar-refractivity contribution < 1.29 is 9.59 Å². The molecule has 27 heavy (non-hydrogen) atoms. The van der Waals surface area contributed by atoms with Crippen LogP contribution in [-0.2, 0) is 12.3 Å². The van der Waals surface area contributed by atoms with Crippen molar-refractivity contribution in [2.45, 2.75) is 52.5 Å². The molecule has 2 aromatic rings. The smallest absolute Gasteiger partial charge is 0.267 e. The summed E-state index contributed by atoms with van der Waals surface area (Å²) in [5.41, 5.74) is 6.18. The molecule has 0 atom stereocenters. The van der Waals surface area contributed by atoms with E-state index in [9.17, 15) is 9.59 Å². The normalized spacial score (nSPS) is 11.2. The zero-order valence-electron chi connectivity index (χ0n) is 16.6. The third kappa shape index (κ3) is 5.33. The van der Waals surface area contributed by atoms with Crippen molar-refractivity contribution in [3.63, 3.8) is 0 Å². The van der Waals surface area contributed by atoms with E-state index in [1.54, 1.807) is 24.3 Å². The maximum atomic E-state index is 13.1. The summed E-state index contributed by atoms with van der Waals surface area (Å²) in [4.78, 5) is 25.8. The average Bonchev–Trinajstić information content (AvgIpc) is 2.63. The van der Waals surface area contributed by atoms with Crippen molar-refractivity contribution in [1.29, 1.82) is 0 Å². The van der Waals surface area contributed by atoms with Gasteiger partial charge in [-0.3, -0.25) is 15.0 Å². The highest BCUT2D eigenvalue weighted by atomic mass is 35.5. The van der Waals surface area contributed by atoms with Gasteiger partial charge in [-0.25, -0.2) is 5.01 Å². The molecule has 2 aromatic carbocycles. The van der Waals surface area contributed by atoms with E-state index in [-0.39, 0.29) is 11.8 Å². The minimum atomic E-state index is -0.596. The minimum absolute atomic E-state index is 0.268. The molecule has 0 heterocycles. The Balaban J connectivity index is 2.30. The molecule has 4 nitrogen and oxygen atoms in total. The number of benzene rings is 2. The summed E-state index contributed by atoms with van der Waals surface area (Å²) in [7, 11) is 0. The molecule has 0 saturated heterocycles. The number of hydrazine groups is 1. The van der Waals surface area contributed by atoms with Crippen LogP contribution in [-0.4, -0.2) is 22.4 Å². The molecule has 0 radical (unpaired) electrons. The molecule has 0 saturated carbocycles. The van der Waals surface area contributed by atoms with Crippen molar-refractivity contribution >= 4 is 23.4 Å². The fraction of sp³-hybridized carbons (Fsp3) is 0.364. The fourth-order valence-electron chi connectivity index (χ4n) is 2.77. The lowest BCUT2D eigenvalue weighted by molar-refractivity contribution is 0.0358. The number of aryl methyl sites for hydroxylation is 2. The van der Waals surface area contributed by atoms with Gasteiger partial charge in [0.1, 0.15) is 0 Å². The van der Waals surface area contributed by atoms with Crippen LogP contribution in [0.3, 0.4) is 0 Å². The largest absolute Gasteiger partial charge is 0.272 e. The van der Waals surface area contributed by atoms with E-state index in [1.165, 1.54) is 5.01 Å². The second kappa shape index (κ2) is 8.57. The molecule has 0 fully saturated rings. The van der Waals surface area contributed by atoms with Gasteiger partial charge < -0.3 is 0 Å². The summed E-state index contributed by atoms with van der Waals surface area (Å²) in [6.45, 7) is 9.62. The standard InChI is InChI=1S/C22H27ClN2O2/c1-6-16-7-9-18(10-8-16)20(26)24-25(22(3,4)5)21(27)19-12-15(2)11-17(13-19)14-23/h7-13H,6,14H2,1-5H3,(H,24,26). The van der Waals surface area contributed by atoms with Crippen LogP contribution in [0.15, 0.2) is 42.5 Å². The Labute approximate surface area is 166 Å². The number of carbonyl (C=O) groups is 2. The van der Waals surface area contributed by atoms with E-state index in [1.807, 2.05) is 45.9 Å². The van der Waals surface area contributed by atoms with Gasteiger partial charge >= 0.3 is 0 Å². The Morgan fingerprint density at radius 3 is 2.15 bits per heavy atom. The van der Waals surface area contributed by atoms with Crippen molar-refractivity contribution in [2.24, 2.45) is 0 Å². The Hall–Kier alpha value is -2.33. The van der Waals surface area contributed by atoms with Crippen LogP contribution in [0.2, 0.25) is 0 Å². The van der Waals surface area contributed by atoms with Crippen LogP contribution >= 0.6 is 11.6 Å². The SMILES string of the molecule is CCc1ccc(C(=O)NN(C(=O)c2cc(C)cc(CCl)c2)C(C)(C)C)cc1. The third-order valence-corrected chi connectivity index (χ3v) is 4.56. The first kappa shape index (κ1) is 21.0. The van der Waals surface area contributed by atoms with Crippen molar-refractivity contribution in [2.75, 3.05) is 0 Å². The van der Waals surface area contributed by atoms with E-state index in [0.29, 0.717) is 17.0 Å². The van der Waals surface area contributed by atoms with E-state index in [2.05, 4.69) is 12.3 Å². The van der Waals surface area contributed by atoms with E-state index < -0.39 is 5.54 Å². The predicted octanol–water partition coefficient (Wildman–Crippen LogP) is 4.88. The molecule has 5 heteroatoms. The zero-order valence-corrected chi connectivity index (χ0v) is 17.4. The topological polar surface area (TPSA) is 49.4 Å². The molecule has 0 aromatic heterocycles. The lowest BCUT2D eigenvalue weighted by Gasteiger charge is -2.35. The van der Waals surface area contributed by atoms with E-state index in [0.717, 1.165) is 23.1 Å². The predicted molar refractivity (Wildman–Crippen MR) is 110 cm³/mol. The summed E-state index contributed by atoms with van der Waals surface area (Å²) < 4.78 is 0. The highest BCUT2D eigenvalue weighted by Crippen LogP contribution is 2.19. The van der Waals surface area contributed by atoms with Crippen LogP contribution < -0.4 is 5.43 Å². The number of nitrogens with zero attached hydrogens (tertiary/aromatic N) is 1. The van der Waals surface area contributed by atoms with Crippen LogP contribution in [0, 0.1) is 6.92 Å². The molecule has 0 bridgehead atoms. The third-order valence-electron chi connectivity index (χ3n) is 4.25. The average molecular weight is 387 g/mol. The maximum absolute atomic E-state index is 13.1. The monoisotopic (exact) mass is 386 g/mol. The van der Waals surface area contributed by atoms with Gasteiger partial charge in [-0.1, -0.05) is 30.7 Å². The second-order valence-electron chi connectivity index (χ2n) is 7.64. The summed E-state index contributed by atoms with van der Waals surface area (Å²) >= 11 is 5.94. The molecule has 1 N–H and O–H groups in total. The van der Waals surface area contributed by atoms with Crippen LogP contribution in [0.1, 0.15) is 65.1 Å². The first-order valence-electron chi connectivity index (χ1n) is 9.06. The molecule has 144 valence electrons. The van der Waals surface area contributed by atoms with Gasteiger partial charge in [0.15, 0.2) is 0 Å². The number of hydrogen-bond donors (Lipinski definition) is 1. The number of amides is 2. The van der Waals surface area contributed by atoms with Gasteiger partial charge in [0.25, 0.3) is 11.8 Å². The molecule has 0 aliphatic carbocycles. The van der Waals surface area contributed by atoms with Crippen molar-refractivity contribution in [3.8, 4) is 0 Å². The number of carbonyl (C=O) groups excluding carboxylic acids is 2. The van der Waals surface area contributed by atoms with Gasteiger partial charge in [0.05, 0.1) is 5.54 Å². The first-order chi connectivity index (χ1) is 12.7. The summed E-state index contributed by atoms with van der Waals surface area (Å²) in [5, 5.41) is 1.38. The molecule has 2 amide bonds. The number of rotatable bonds is 4. The lowest BCUT2D eigenvalue weighted by Crippen LogP contribution is -2.55.